The highest BCUT2D eigenvalue weighted by Crippen LogP contribution is 2.44. The SMILES string of the molecule is COc1ccccc1SC(F)(F)C(F)Cl. The second kappa shape index (κ2) is 4.99. The van der Waals surface area contributed by atoms with Crippen LogP contribution in [0.15, 0.2) is 29.2 Å². The van der Waals surface area contributed by atoms with Gasteiger partial charge in [0.25, 0.3) is 0 Å². The summed E-state index contributed by atoms with van der Waals surface area (Å²) in [7, 11) is 1.35. The van der Waals surface area contributed by atoms with Gasteiger partial charge in [-0.1, -0.05) is 23.7 Å². The van der Waals surface area contributed by atoms with Gasteiger partial charge in [-0.2, -0.15) is 8.78 Å². The van der Waals surface area contributed by atoms with Crippen molar-refractivity contribution in [3.05, 3.63) is 24.3 Å². The summed E-state index contributed by atoms with van der Waals surface area (Å²) in [6.45, 7) is 0. The van der Waals surface area contributed by atoms with E-state index >= 15 is 0 Å². The molecule has 1 unspecified atom stereocenters. The lowest BCUT2D eigenvalue weighted by Crippen LogP contribution is -2.20. The summed E-state index contributed by atoms with van der Waals surface area (Å²) in [5.41, 5.74) is -2.73. The number of rotatable bonds is 4. The van der Waals surface area contributed by atoms with Crippen LogP contribution < -0.4 is 4.74 Å². The summed E-state index contributed by atoms with van der Waals surface area (Å²) < 4.78 is 43.1. The highest BCUT2D eigenvalue weighted by molar-refractivity contribution is 8.00. The van der Waals surface area contributed by atoms with Crippen molar-refractivity contribution in [2.24, 2.45) is 0 Å². The van der Waals surface area contributed by atoms with E-state index in [9.17, 15) is 13.2 Å². The normalized spacial score (nSPS) is 13.7. The number of hydrogen-bond donors (Lipinski definition) is 0. The fraction of sp³-hybridized carbons (Fsp3) is 0.333. The average Bonchev–Trinajstić information content (AvgIpc) is 2.18. The number of thioether (sulfide) groups is 1. The monoisotopic (exact) mass is 256 g/mol. The van der Waals surface area contributed by atoms with E-state index in [4.69, 9.17) is 16.3 Å². The second-order valence-electron chi connectivity index (χ2n) is 2.62. The number of para-hydroxylation sites is 1. The zero-order chi connectivity index (χ0) is 11.5. The molecule has 0 spiro atoms. The van der Waals surface area contributed by atoms with Crippen molar-refractivity contribution in [1.82, 2.24) is 0 Å². The van der Waals surface area contributed by atoms with Crippen LogP contribution >= 0.6 is 23.4 Å². The molecule has 0 aliphatic carbocycles. The number of ether oxygens (including phenoxy) is 1. The Morgan fingerprint density at radius 1 is 1.40 bits per heavy atom. The predicted molar refractivity (Wildman–Crippen MR) is 54.5 cm³/mol. The van der Waals surface area contributed by atoms with Crippen molar-refractivity contribution < 1.29 is 17.9 Å². The molecular formula is C9H8ClF3OS. The van der Waals surface area contributed by atoms with E-state index in [0.717, 1.165) is 0 Å². The fourth-order valence-electron chi connectivity index (χ4n) is 0.894. The Balaban J connectivity index is 2.89. The molecule has 1 aromatic rings. The molecule has 1 nitrogen and oxygen atoms in total. The van der Waals surface area contributed by atoms with Crippen molar-refractivity contribution in [2.45, 2.75) is 15.8 Å². The molecule has 0 aliphatic heterocycles. The number of hydrogen-bond acceptors (Lipinski definition) is 2. The van der Waals surface area contributed by atoms with Gasteiger partial charge in [-0.25, -0.2) is 4.39 Å². The topological polar surface area (TPSA) is 9.23 Å². The maximum absolute atomic E-state index is 12.9. The Labute approximate surface area is 94.6 Å². The van der Waals surface area contributed by atoms with Crippen molar-refractivity contribution in [3.8, 4) is 5.75 Å². The maximum Gasteiger partial charge on any atom is 0.342 e. The molecule has 0 saturated heterocycles. The molecule has 1 atom stereocenters. The van der Waals surface area contributed by atoms with E-state index in [2.05, 4.69) is 0 Å². The first-order valence-corrected chi connectivity index (χ1v) is 5.20. The first-order chi connectivity index (χ1) is 6.97. The average molecular weight is 257 g/mol. The lowest BCUT2D eigenvalue weighted by molar-refractivity contribution is 0.0536. The van der Waals surface area contributed by atoms with Crippen LogP contribution in [0.25, 0.3) is 0 Å². The molecule has 0 radical (unpaired) electrons. The summed E-state index contributed by atoms with van der Waals surface area (Å²) in [5, 5.41) is -3.67. The standard InChI is InChI=1S/C9H8ClF3OS/c1-14-6-4-2-3-5-7(6)15-9(12,13)8(10)11/h2-5,8H,1H3. The Hall–Kier alpha value is -0.550. The van der Waals surface area contributed by atoms with Crippen LogP contribution in [0.4, 0.5) is 13.2 Å². The molecule has 0 fully saturated rings. The predicted octanol–water partition coefficient (Wildman–Crippen LogP) is 3.91. The largest absolute Gasteiger partial charge is 0.496 e. The Kier molecular flexibility index (Phi) is 4.16. The van der Waals surface area contributed by atoms with Crippen molar-refractivity contribution >= 4 is 23.4 Å². The quantitative estimate of drug-likeness (QED) is 0.597. The van der Waals surface area contributed by atoms with Crippen LogP contribution in [0, 0.1) is 0 Å². The summed E-state index contributed by atoms with van der Waals surface area (Å²) in [6, 6.07) is 6.12. The number of methoxy groups -OCH3 is 1. The van der Waals surface area contributed by atoms with Gasteiger partial charge < -0.3 is 4.74 Å². The molecule has 0 heterocycles. The van der Waals surface area contributed by atoms with E-state index in [0.29, 0.717) is 0 Å². The van der Waals surface area contributed by atoms with Crippen LogP contribution in [0.2, 0.25) is 0 Å². The van der Waals surface area contributed by atoms with E-state index in [1.807, 2.05) is 0 Å². The zero-order valence-corrected chi connectivity index (χ0v) is 9.29. The number of benzene rings is 1. The van der Waals surface area contributed by atoms with Gasteiger partial charge in [0.15, 0.2) is 0 Å². The van der Waals surface area contributed by atoms with Crippen molar-refractivity contribution in [2.75, 3.05) is 7.11 Å². The molecule has 0 aromatic heterocycles. The molecule has 0 N–H and O–H groups in total. The van der Waals surface area contributed by atoms with Crippen LogP contribution in [0.5, 0.6) is 5.75 Å². The highest BCUT2D eigenvalue weighted by Gasteiger charge is 2.40. The van der Waals surface area contributed by atoms with Crippen molar-refractivity contribution in [3.63, 3.8) is 0 Å². The molecule has 0 aliphatic rings. The summed E-state index contributed by atoms with van der Waals surface area (Å²) in [5.74, 6) is 0.263. The van der Waals surface area contributed by atoms with E-state index in [1.54, 1.807) is 12.1 Å². The highest BCUT2D eigenvalue weighted by atomic mass is 35.5. The molecule has 0 saturated carbocycles. The van der Waals surface area contributed by atoms with Gasteiger partial charge in [0.1, 0.15) is 5.75 Å². The van der Waals surface area contributed by atoms with Crippen LogP contribution in [-0.2, 0) is 0 Å². The third-order valence-corrected chi connectivity index (χ3v) is 3.01. The van der Waals surface area contributed by atoms with E-state index in [-0.39, 0.29) is 22.4 Å². The minimum atomic E-state index is -3.67. The number of alkyl halides is 4. The third-order valence-electron chi connectivity index (χ3n) is 1.57. The number of halogens is 4. The van der Waals surface area contributed by atoms with Gasteiger partial charge in [-0.3, -0.25) is 0 Å². The van der Waals surface area contributed by atoms with Gasteiger partial charge in [0, 0.05) is 0 Å². The third kappa shape index (κ3) is 3.21. The molecule has 6 heteroatoms. The van der Waals surface area contributed by atoms with Gasteiger partial charge in [0.05, 0.1) is 12.0 Å². The van der Waals surface area contributed by atoms with Gasteiger partial charge >= 0.3 is 5.25 Å². The minimum absolute atomic E-state index is 0.0399. The Bertz CT molecular complexity index is 333. The lowest BCUT2D eigenvalue weighted by Gasteiger charge is -2.16. The molecule has 1 aromatic carbocycles. The summed E-state index contributed by atoms with van der Waals surface area (Å²) in [6.07, 6.45) is 0. The Morgan fingerprint density at radius 3 is 2.53 bits per heavy atom. The molecule has 0 bridgehead atoms. The lowest BCUT2D eigenvalue weighted by atomic mass is 10.3. The van der Waals surface area contributed by atoms with E-state index < -0.39 is 10.9 Å². The van der Waals surface area contributed by atoms with Crippen LogP contribution in [0.3, 0.4) is 0 Å². The van der Waals surface area contributed by atoms with Crippen LogP contribution in [0.1, 0.15) is 0 Å². The van der Waals surface area contributed by atoms with Gasteiger partial charge in [0.2, 0.25) is 5.63 Å². The van der Waals surface area contributed by atoms with Crippen molar-refractivity contribution in [1.29, 1.82) is 0 Å². The minimum Gasteiger partial charge on any atom is -0.496 e. The molecule has 84 valence electrons. The summed E-state index contributed by atoms with van der Waals surface area (Å²) in [4.78, 5) is 0.147. The summed E-state index contributed by atoms with van der Waals surface area (Å²) >= 11 is 4.78. The molecule has 15 heavy (non-hydrogen) atoms. The smallest absolute Gasteiger partial charge is 0.342 e. The van der Waals surface area contributed by atoms with Gasteiger partial charge in [-0.15, -0.1) is 0 Å². The zero-order valence-electron chi connectivity index (χ0n) is 7.72. The Morgan fingerprint density at radius 2 is 2.00 bits per heavy atom. The fourth-order valence-corrected chi connectivity index (χ4v) is 1.81. The molecule has 0 amide bonds. The van der Waals surface area contributed by atoms with E-state index in [1.165, 1.54) is 19.2 Å². The van der Waals surface area contributed by atoms with Crippen LogP contribution in [-0.4, -0.2) is 18.0 Å². The molecular weight excluding hydrogens is 249 g/mol. The van der Waals surface area contributed by atoms with Gasteiger partial charge in [-0.05, 0) is 23.9 Å². The second-order valence-corrected chi connectivity index (χ2v) is 4.19. The maximum atomic E-state index is 12.9. The first kappa shape index (κ1) is 12.5. The molecule has 1 rings (SSSR count). The first-order valence-electron chi connectivity index (χ1n) is 3.95.